The summed E-state index contributed by atoms with van der Waals surface area (Å²) in [5, 5.41) is 15.2. The van der Waals surface area contributed by atoms with Gasteiger partial charge in [0.1, 0.15) is 6.33 Å². The summed E-state index contributed by atoms with van der Waals surface area (Å²) in [7, 11) is 0. The molecule has 0 atom stereocenters. The van der Waals surface area contributed by atoms with Crippen LogP contribution in [-0.4, -0.2) is 35.7 Å². The molecule has 0 radical (unpaired) electrons. The van der Waals surface area contributed by atoms with E-state index >= 15 is 0 Å². The van der Waals surface area contributed by atoms with Gasteiger partial charge in [-0.25, -0.2) is 9.50 Å². The topological polar surface area (TPSA) is 101 Å². The van der Waals surface area contributed by atoms with Crippen LogP contribution in [0.25, 0.3) is 16.7 Å². The number of anilines is 1. The number of rotatable bonds is 4. The van der Waals surface area contributed by atoms with Crippen LogP contribution in [0.2, 0.25) is 0 Å². The van der Waals surface area contributed by atoms with Gasteiger partial charge in [-0.15, -0.1) is 10.2 Å². The Balaban J connectivity index is 1.48. The minimum Gasteiger partial charge on any atom is -0.324 e. The Morgan fingerprint density at radius 1 is 1.28 bits per heavy atom. The number of fused-ring (bicyclic) bond motifs is 2. The maximum absolute atomic E-state index is 12.3. The van der Waals surface area contributed by atoms with E-state index in [2.05, 4.69) is 30.6 Å². The summed E-state index contributed by atoms with van der Waals surface area (Å²) in [5.41, 5.74) is 5.35. The van der Waals surface area contributed by atoms with Gasteiger partial charge in [0, 0.05) is 12.0 Å². The standard InChI is InChI=1S/C17H17N7O/c1-10-12(11(2)23-24-9-18-22-16(10)24)7-8-15(25)21-17-19-13-5-3-4-6-14(13)20-17/h3-6,9H,7-8H2,1-2H3,(H2,19,20,21,25). The second kappa shape index (κ2) is 5.97. The molecule has 0 aliphatic carbocycles. The molecule has 3 heterocycles. The summed E-state index contributed by atoms with van der Waals surface area (Å²) < 4.78 is 1.66. The number of nitrogens with zero attached hydrogens (tertiary/aromatic N) is 5. The number of nitrogens with one attached hydrogen (secondary N) is 2. The first-order valence-electron chi connectivity index (χ1n) is 8.02. The number of aromatic nitrogens is 6. The maximum Gasteiger partial charge on any atom is 0.227 e. The zero-order valence-corrected chi connectivity index (χ0v) is 13.9. The lowest BCUT2D eigenvalue weighted by Crippen LogP contribution is -2.14. The number of aryl methyl sites for hydroxylation is 2. The summed E-state index contributed by atoms with van der Waals surface area (Å²) in [6, 6.07) is 7.65. The molecule has 0 saturated carbocycles. The summed E-state index contributed by atoms with van der Waals surface area (Å²) in [6.07, 6.45) is 2.50. The van der Waals surface area contributed by atoms with E-state index in [-0.39, 0.29) is 5.91 Å². The first-order valence-corrected chi connectivity index (χ1v) is 8.02. The molecular formula is C17H17N7O. The first-order chi connectivity index (χ1) is 12.1. The number of amides is 1. The van der Waals surface area contributed by atoms with E-state index in [0.29, 0.717) is 18.8 Å². The molecule has 0 unspecified atom stereocenters. The Bertz CT molecular complexity index is 1050. The van der Waals surface area contributed by atoms with E-state index in [1.165, 1.54) is 0 Å². The number of H-pyrrole nitrogens is 1. The van der Waals surface area contributed by atoms with E-state index in [1.54, 1.807) is 10.8 Å². The van der Waals surface area contributed by atoms with Gasteiger partial charge in [-0.3, -0.25) is 10.1 Å². The number of hydrogen-bond donors (Lipinski definition) is 2. The average molecular weight is 335 g/mol. The molecule has 4 aromatic rings. The number of imidazole rings is 1. The van der Waals surface area contributed by atoms with Gasteiger partial charge in [0.15, 0.2) is 5.65 Å². The number of carbonyl (C=O) groups is 1. The zero-order valence-electron chi connectivity index (χ0n) is 13.9. The normalized spacial score (nSPS) is 11.3. The largest absolute Gasteiger partial charge is 0.324 e. The number of benzene rings is 1. The van der Waals surface area contributed by atoms with Crippen molar-refractivity contribution in [2.75, 3.05) is 5.32 Å². The van der Waals surface area contributed by atoms with E-state index in [4.69, 9.17) is 0 Å². The van der Waals surface area contributed by atoms with Gasteiger partial charge in [0.05, 0.1) is 16.7 Å². The SMILES string of the molecule is Cc1nn2cnnc2c(C)c1CCC(=O)Nc1nc2ccccc2[nH]1. The Morgan fingerprint density at radius 2 is 2.12 bits per heavy atom. The Morgan fingerprint density at radius 3 is 2.96 bits per heavy atom. The van der Waals surface area contributed by atoms with Crippen LogP contribution in [0.15, 0.2) is 30.6 Å². The van der Waals surface area contributed by atoms with E-state index in [9.17, 15) is 4.79 Å². The van der Waals surface area contributed by atoms with Crippen molar-refractivity contribution in [1.82, 2.24) is 29.8 Å². The third-order valence-electron chi connectivity index (χ3n) is 4.26. The van der Waals surface area contributed by atoms with Gasteiger partial charge in [-0.1, -0.05) is 12.1 Å². The molecule has 1 amide bonds. The molecule has 2 N–H and O–H groups in total. The van der Waals surface area contributed by atoms with Crippen LogP contribution in [-0.2, 0) is 11.2 Å². The van der Waals surface area contributed by atoms with Crippen LogP contribution < -0.4 is 5.32 Å². The van der Waals surface area contributed by atoms with Crippen LogP contribution in [0, 0.1) is 13.8 Å². The summed E-state index contributed by atoms with van der Waals surface area (Å²) in [6.45, 7) is 3.91. The molecule has 4 rings (SSSR count). The highest BCUT2D eigenvalue weighted by Gasteiger charge is 2.13. The van der Waals surface area contributed by atoms with Crippen molar-refractivity contribution in [2.45, 2.75) is 26.7 Å². The third kappa shape index (κ3) is 2.82. The zero-order chi connectivity index (χ0) is 17.4. The lowest BCUT2D eigenvalue weighted by molar-refractivity contribution is -0.116. The molecule has 3 aromatic heterocycles. The predicted molar refractivity (Wildman–Crippen MR) is 93.3 cm³/mol. The van der Waals surface area contributed by atoms with Crippen molar-refractivity contribution in [2.24, 2.45) is 0 Å². The van der Waals surface area contributed by atoms with Crippen LogP contribution in [0.5, 0.6) is 0 Å². The quantitative estimate of drug-likeness (QED) is 0.595. The Kier molecular flexibility index (Phi) is 3.64. The fourth-order valence-electron chi connectivity index (χ4n) is 2.99. The summed E-state index contributed by atoms with van der Waals surface area (Å²) in [5.74, 6) is 0.366. The number of para-hydroxylation sites is 2. The molecule has 0 aliphatic rings. The van der Waals surface area contributed by atoms with Crippen LogP contribution in [0.1, 0.15) is 23.2 Å². The molecule has 0 bridgehead atoms. The molecule has 8 nitrogen and oxygen atoms in total. The molecular weight excluding hydrogens is 318 g/mol. The van der Waals surface area contributed by atoms with Crippen LogP contribution in [0.4, 0.5) is 5.95 Å². The van der Waals surface area contributed by atoms with E-state index in [0.717, 1.165) is 33.5 Å². The lowest BCUT2D eigenvalue weighted by atomic mass is 10.0. The van der Waals surface area contributed by atoms with Crippen molar-refractivity contribution in [3.8, 4) is 0 Å². The van der Waals surface area contributed by atoms with Crippen molar-refractivity contribution in [3.05, 3.63) is 47.4 Å². The number of aromatic amines is 1. The molecule has 0 fully saturated rings. The molecule has 1 aromatic carbocycles. The van der Waals surface area contributed by atoms with Gasteiger partial charge in [0.25, 0.3) is 0 Å². The highest BCUT2D eigenvalue weighted by atomic mass is 16.1. The fourth-order valence-corrected chi connectivity index (χ4v) is 2.99. The van der Waals surface area contributed by atoms with E-state index < -0.39 is 0 Å². The van der Waals surface area contributed by atoms with Crippen molar-refractivity contribution < 1.29 is 4.79 Å². The van der Waals surface area contributed by atoms with Crippen molar-refractivity contribution in [1.29, 1.82) is 0 Å². The van der Waals surface area contributed by atoms with Gasteiger partial charge in [-0.05, 0) is 38.0 Å². The predicted octanol–water partition coefficient (Wildman–Crippen LogP) is 2.19. The minimum atomic E-state index is -0.0980. The van der Waals surface area contributed by atoms with Gasteiger partial charge < -0.3 is 4.98 Å². The van der Waals surface area contributed by atoms with Crippen molar-refractivity contribution >= 4 is 28.5 Å². The second-order valence-electron chi connectivity index (χ2n) is 5.94. The molecule has 0 saturated heterocycles. The van der Waals surface area contributed by atoms with Crippen LogP contribution in [0.3, 0.4) is 0 Å². The van der Waals surface area contributed by atoms with Crippen LogP contribution >= 0.6 is 0 Å². The summed E-state index contributed by atoms with van der Waals surface area (Å²) >= 11 is 0. The summed E-state index contributed by atoms with van der Waals surface area (Å²) in [4.78, 5) is 19.7. The van der Waals surface area contributed by atoms with Gasteiger partial charge >= 0.3 is 0 Å². The highest BCUT2D eigenvalue weighted by Crippen LogP contribution is 2.18. The smallest absolute Gasteiger partial charge is 0.227 e. The second-order valence-corrected chi connectivity index (χ2v) is 5.94. The minimum absolute atomic E-state index is 0.0980. The lowest BCUT2D eigenvalue weighted by Gasteiger charge is -2.09. The van der Waals surface area contributed by atoms with Crippen molar-refractivity contribution in [3.63, 3.8) is 0 Å². The average Bonchev–Trinajstić information content (AvgIpc) is 3.20. The Labute approximate surface area is 143 Å². The molecule has 25 heavy (non-hydrogen) atoms. The van der Waals surface area contributed by atoms with Gasteiger partial charge in [-0.2, -0.15) is 5.10 Å². The monoisotopic (exact) mass is 335 g/mol. The fraction of sp³-hybridized carbons (Fsp3) is 0.235. The molecule has 8 heteroatoms. The van der Waals surface area contributed by atoms with Gasteiger partial charge in [0.2, 0.25) is 11.9 Å². The third-order valence-corrected chi connectivity index (χ3v) is 4.26. The van der Waals surface area contributed by atoms with E-state index in [1.807, 2.05) is 38.1 Å². The first kappa shape index (κ1) is 15.3. The molecule has 0 spiro atoms. The number of hydrogen-bond acceptors (Lipinski definition) is 5. The maximum atomic E-state index is 12.3. The Hall–Kier alpha value is -3.29. The molecule has 126 valence electrons. The number of carbonyl (C=O) groups excluding carboxylic acids is 1. The molecule has 0 aliphatic heterocycles. The highest BCUT2D eigenvalue weighted by molar-refractivity contribution is 5.91.